The molecule has 3 heterocycles. The maximum atomic E-state index is 13.7. The molecular weight excluding hydrogens is 490 g/mol. The van der Waals surface area contributed by atoms with Crippen LogP contribution in [0.2, 0.25) is 5.02 Å². The van der Waals surface area contributed by atoms with E-state index in [-0.39, 0.29) is 17.1 Å². The minimum absolute atomic E-state index is 0.106. The van der Waals surface area contributed by atoms with E-state index in [0.717, 1.165) is 0 Å². The van der Waals surface area contributed by atoms with Crippen LogP contribution in [0.5, 0.6) is 17.2 Å². The molecule has 10 heteroatoms. The predicted molar refractivity (Wildman–Crippen MR) is 130 cm³/mol. The lowest BCUT2D eigenvalue weighted by atomic mass is 9.99. The van der Waals surface area contributed by atoms with Crippen molar-refractivity contribution in [3.05, 3.63) is 82.7 Å². The highest BCUT2D eigenvalue weighted by Gasteiger charge is 2.47. The van der Waals surface area contributed by atoms with Crippen molar-refractivity contribution in [3.8, 4) is 17.2 Å². The molecule has 1 amide bonds. The monoisotopic (exact) mass is 509 g/mol. The van der Waals surface area contributed by atoms with Crippen LogP contribution in [0.4, 0.5) is 5.69 Å². The summed E-state index contributed by atoms with van der Waals surface area (Å²) in [6, 6.07) is 11.6. The molecule has 1 N–H and O–H groups in total. The average molecular weight is 510 g/mol. The molecule has 184 valence electrons. The fourth-order valence-electron chi connectivity index (χ4n) is 4.28. The highest BCUT2D eigenvalue weighted by Crippen LogP contribution is 2.44. The van der Waals surface area contributed by atoms with Crippen molar-refractivity contribution in [3.63, 3.8) is 0 Å². The second kappa shape index (κ2) is 9.01. The quantitative estimate of drug-likeness (QED) is 0.326. The van der Waals surface area contributed by atoms with Crippen LogP contribution < -0.4 is 19.1 Å². The van der Waals surface area contributed by atoms with Crippen molar-refractivity contribution >= 4 is 39.9 Å². The number of rotatable bonds is 7. The lowest BCUT2D eigenvalue weighted by Gasteiger charge is -2.25. The van der Waals surface area contributed by atoms with Crippen molar-refractivity contribution in [1.82, 2.24) is 0 Å². The summed E-state index contributed by atoms with van der Waals surface area (Å²) in [4.78, 5) is 28.3. The molecule has 9 nitrogen and oxygen atoms in total. The molecule has 2 aromatic carbocycles. The predicted octanol–water partition coefficient (Wildman–Crippen LogP) is 5.49. The third-order valence-electron chi connectivity index (χ3n) is 5.90. The molecule has 1 aliphatic rings. The molecule has 0 saturated heterocycles. The Morgan fingerprint density at radius 1 is 1.00 bits per heavy atom. The number of Topliss-reactive ketones (excluding diaryl/α,β-unsaturated/α-hetero) is 1. The van der Waals surface area contributed by atoms with E-state index in [4.69, 9.17) is 34.6 Å². The van der Waals surface area contributed by atoms with Gasteiger partial charge in [0.15, 0.2) is 34.4 Å². The molecule has 4 aromatic rings. The van der Waals surface area contributed by atoms with E-state index in [1.807, 2.05) is 0 Å². The van der Waals surface area contributed by atoms with Crippen LogP contribution in [0, 0.1) is 0 Å². The lowest BCUT2D eigenvalue weighted by Crippen LogP contribution is -2.30. The Kier molecular flexibility index (Phi) is 5.85. The fraction of sp³-hybridized carbons (Fsp3) is 0.154. The first-order chi connectivity index (χ1) is 17.4. The van der Waals surface area contributed by atoms with Gasteiger partial charge >= 0.3 is 0 Å². The van der Waals surface area contributed by atoms with Crippen LogP contribution in [0.1, 0.15) is 22.4 Å². The van der Waals surface area contributed by atoms with E-state index >= 15 is 0 Å². The number of methoxy groups -OCH3 is 3. The molecule has 36 heavy (non-hydrogen) atoms. The number of carbonyl (C=O) groups is 2. The van der Waals surface area contributed by atoms with Crippen LogP contribution in [0.15, 0.2) is 75.0 Å². The molecule has 5 rings (SSSR count). The van der Waals surface area contributed by atoms with Crippen molar-refractivity contribution < 1.29 is 37.7 Å². The number of furan rings is 2. The molecule has 1 atom stereocenters. The van der Waals surface area contributed by atoms with Crippen molar-refractivity contribution in [2.45, 2.75) is 6.04 Å². The van der Waals surface area contributed by atoms with Gasteiger partial charge in [-0.25, -0.2) is 0 Å². The third-order valence-corrected chi connectivity index (χ3v) is 6.12. The van der Waals surface area contributed by atoms with Crippen LogP contribution in [0.25, 0.3) is 11.0 Å². The number of fused-ring (bicyclic) bond motifs is 1. The van der Waals surface area contributed by atoms with Gasteiger partial charge in [0.1, 0.15) is 11.8 Å². The number of benzene rings is 2. The number of nitrogens with zero attached hydrogens (tertiary/aromatic N) is 1. The molecule has 1 aliphatic heterocycles. The van der Waals surface area contributed by atoms with Gasteiger partial charge in [0.05, 0.1) is 33.2 Å². The Morgan fingerprint density at radius 2 is 1.75 bits per heavy atom. The first kappa shape index (κ1) is 23.4. The molecule has 0 radical (unpaired) electrons. The number of aliphatic hydroxyl groups excluding tert-OH is 1. The molecule has 0 fully saturated rings. The summed E-state index contributed by atoms with van der Waals surface area (Å²) in [6.45, 7) is 0. The van der Waals surface area contributed by atoms with Gasteiger partial charge < -0.3 is 28.2 Å². The maximum Gasteiger partial charge on any atom is 0.294 e. The number of ketones is 1. The summed E-state index contributed by atoms with van der Waals surface area (Å²) in [5, 5.41) is 11.8. The summed E-state index contributed by atoms with van der Waals surface area (Å²) in [6.07, 6.45) is 1.41. The zero-order valence-corrected chi connectivity index (χ0v) is 20.2. The number of aliphatic hydroxyl groups is 1. The number of halogens is 1. The second-order valence-corrected chi connectivity index (χ2v) is 8.30. The third kappa shape index (κ3) is 3.64. The Balaban J connectivity index is 1.64. The Hall–Kier alpha value is -4.37. The van der Waals surface area contributed by atoms with Crippen LogP contribution >= 0.6 is 11.6 Å². The van der Waals surface area contributed by atoms with Gasteiger partial charge in [-0.3, -0.25) is 14.5 Å². The largest absolute Gasteiger partial charge is 0.503 e. The van der Waals surface area contributed by atoms with Gasteiger partial charge in [0, 0.05) is 28.2 Å². The maximum absolute atomic E-state index is 13.7. The van der Waals surface area contributed by atoms with Gasteiger partial charge in [0.2, 0.25) is 5.78 Å². The molecular formula is C26H20ClNO8. The van der Waals surface area contributed by atoms with Gasteiger partial charge in [-0.2, -0.15) is 0 Å². The van der Waals surface area contributed by atoms with Gasteiger partial charge in [-0.05, 0) is 36.4 Å². The fourth-order valence-corrected chi connectivity index (χ4v) is 4.49. The van der Waals surface area contributed by atoms with E-state index in [1.54, 1.807) is 42.5 Å². The van der Waals surface area contributed by atoms with Gasteiger partial charge in [-0.1, -0.05) is 11.6 Å². The van der Waals surface area contributed by atoms with Crippen molar-refractivity contribution in [2.75, 3.05) is 26.2 Å². The summed E-state index contributed by atoms with van der Waals surface area (Å²) < 4.78 is 27.3. The highest BCUT2D eigenvalue weighted by molar-refractivity contribution is 6.31. The Labute approximate surface area is 210 Å². The van der Waals surface area contributed by atoms with Gasteiger partial charge in [-0.15, -0.1) is 0 Å². The number of carbonyl (C=O) groups excluding carboxylic acids is 2. The molecule has 2 aromatic heterocycles. The van der Waals surface area contributed by atoms with Gasteiger partial charge in [0.25, 0.3) is 5.91 Å². The van der Waals surface area contributed by atoms with E-state index < -0.39 is 23.5 Å². The Morgan fingerprint density at radius 3 is 2.42 bits per heavy atom. The lowest BCUT2D eigenvalue weighted by molar-refractivity contribution is -0.117. The van der Waals surface area contributed by atoms with E-state index in [2.05, 4.69) is 0 Å². The van der Waals surface area contributed by atoms with Crippen molar-refractivity contribution in [2.24, 2.45) is 0 Å². The summed E-state index contributed by atoms with van der Waals surface area (Å²) in [5.74, 6) is -0.892. The molecule has 0 bridgehead atoms. The zero-order valence-electron chi connectivity index (χ0n) is 19.4. The summed E-state index contributed by atoms with van der Waals surface area (Å²) in [7, 11) is 4.40. The molecule has 0 spiro atoms. The number of ether oxygens (including phenoxy) is 3. The average Bonchev–Trinajstić information content (AvgIpc) is 3.61. The number of anilines is 1. The number of hydrogen-bond acceptors (Lipinski definition) is 8. The normalized spacial score (nSPS) is 15.6. The number of hydrogen-bond donors (Lipinski definition) is 1. The topological polar surface area (TPSA) is 112 Å². The first-order valence-corrected chi connectivity index (χ1v) is 11.1. The highest BCUT2D eigenvalue weighted by atomic mass is 35.5. The first-order valence-electron chi connectivity index (χ1n) is 10.7. The van der Waals surface area contributed by atoms with E-state index in [1.165, 1.54) is 38.6 Å². The van der Waals surface area contributed by atoms with Crippen LogP contribution in [-0.4, -0.2) is 38.1 Å². The minimum Gasteiger partial charge on any atom is -0.503 e. The molecule has 1 unspecified atom stereocenters. The minimum atomic E-state index is -1.07. The number of amides is 1. The second-order valence-electron chi connectivity index (χ2n) is 7.86. The van der Waals surface area contributed by atoms with Crippen LogP contribution in [0.3, 0.4) is 0 Å². The standard InChI is InChI=1S/C26H20ClNO8/c1-32-16-7-6-15(12-18(16)33-2)28-22(17-5-4-8-35-17)21(24(30)26(28)31)23(29)19-10-13-9-14(27)11-20(34-3)25(13)36-19/h4-12,22,30H,1-3H3. The van der Waals surface area contributed by atoms with E-state index in [9.17, 15) is 14.7 Å². The van der Waals surface area contributed by atoms with Crippen molar-refractivity contribution in [1.29, 1.82) is 0 Å². The molecule has 0 aliphatic carbocycles. The summed E-state index contributed by atoms with van der Waals surface area (Å²) >= 11 is 6.15. The molecule has 0 saturated carbocycles. The summed E-state index contributed by atoms with van der Waals surface area (Å²) in [5.41, 5.74) is 0.460. The zero-order chi connectivity index (χ0) is 25.6. The van der Waals surface area contributed by atoms with Crippen LogP contribution in [-0.2, 0) is 4.79 Å². The van der Waals surface area contributed by atoms with E-state index in [0.29, 0.717) is 38.9 Å². The Bertz CT molecular complexity index is 1520. The SMILES string of the molecule is COc1ccc(N2C(=O)C(O)=C(C(=O)c3cc4cc(Cl)cc(OC)c4o3)C2c2ccco2)cc1OC. The smallest absolute Gasteiger partial charge is 0.294 e.